The molecule has 18 heavy (non-hydrogen) atoms. The number of hydrogen-bond donors (Lipinski definition) is 0. The zero-order valence-corrected chi connectivity index (χ0v) is 13.0. The highest BCUT2D eigenvalue weighted by atomic mass is 31.2. The van der Waals surface area contributed by atoms with Gasteiger partial charge in [-0.05, 0) is 34.6 Å². The van der Waals surface area contributed by atoms with Crippen LogP contribution in [0.4, 0.5) is 0 Å². The lowest BCUT2D eigenvalue weighted by Gasteiger charge is -2.37. The Morgan fingerprint density at radius 2 is 1.89 bits per heavy atom. The third-order valence-electron chi connectivity index (χ3n) is 2.43. The predicted octanol–water partition coefficient (Wildman–Crippen LogP) is 3.33. The van der Waals surface area contributed by atoms with Crippen molar-refractivity contribution in [3.63, 3.8) is 0 Å². The van der Waals surface area contributed by atoms with Gasteiger partial charge in [0.1, 0.15) is 14.1 Å². The van der Waals surface area contributed by atoms with Gasteiger partial charge >= 0.3 is 0 Å². The summed E-state index contributed by atoms with van der Waals surface area (Å²) in [7, 11) is -0.786. The van der Waals surface area contributed by atoms with Gasteiger partial charge in [0.05, 0.1) is 19.1 Å². The average Bonchev–Trinajstić information content (AvgIpc) is 2.24. The quantitative estimate of drug-likeness (QED) is 0.477. The zero-order valence-electron chi connectivity index (χ0n) is 12.1. The van der Waals surface area contributed by atoms with E-state index in [-0.39, 0.29) is 5.78 Å². The van der Waals surface area contributed by atoms with E-state index in [0.29, 0.717) is 31.5 Å². The fraction of sp³-hybridized carbons (Fsp3) is 0.846. The first-order valence-corrected chi connectivity index (χ1v) is 7.85. The number of carbonyl (C=O) groups is 1. The molecule has 0 aliphatic rings. The van der Waals surface area contributed by atoms with E-state index < -0.39 is 8.30 Å². The van der Waals surface area contributed by atoms with Crippen molar-refractivity contribution in [1.82, 2.24) is 4.67 Å². The molecule has 0 aromatic carbocycles. The number of carbonyl (C=O) groups excluding carboxylic acids is 1. The normalized spacial score (nSPS) is 13.1. The van der Waals surface area contributed by atoms with Crippen LogP contribution in [-0.2, 0) is 9.32 Å². The van der Waals surface area contributed by atoms with E-state index in [0.717, 1.165) is 6.16 Å². The van der Waals surface area contributed by atoms with Gasteiger partial charge in [-0.1, -0.05) is 0 Å². The van der Waals surface area contributed by atoms with Crippen molar-refractivity contribution in [3.05, 3.63) is 0 Å². The van der Waals surface area contributed by atoms with Crippen LogP contribution >= 0.6 is 8.30 Å². The first-order chi connectivity index (χ1) is 8.40. The molecule has 0 radical (unpaired) electrons. The van der Waals surface area contributed by atoms with Crippen molar-refractivity contribution in [3.8, 4) is 6.07 Å². The minimum atomic E-state index is -0.786. The second kappa shape index (κ2) is 9.44. The van der Waals surface area contributed by atoms with Crippen molar-refractivity contribution in [2.45, 2.75) is 59.5 Å². The standard InChI is InChI=1S/C13H25N2O2P/c1-11(2)15(12(3)4)18(10-7-13(5)16)17-9-6-8-14/h11-12H,6-7,9-10H2,1-5H3. The number of Topliss-reactive ketones (excluding diaryl/α,β-unsaturated/α-hetero) is 1. The summed E-state index contributed by atoms with van der Waals surface area (Å²) in [6, 6.07) is 2.84. The molecule has 0 bridgehead atoms. The summed E-state index contributed by atoms with van der Waals surface area (Å²) in [6.45, 7) is 10.6. The molecule has 0 aliphatic carbocycles. The van der Waals surface area contributed by atoms with Crippen molar-refractivity contribution >= 4 is 14.1 Å². The predicted molar refractivity (Wildman–Crippen MR) is 75.4 cm³/mol. The van der Waals surface area contributed by atoms with Gasteiger partial charge in [-0.3, -0.25) is 4.67 Å². The molecular weight excluding hydrogens is 247 g/mol. The van der Waals surface area contributed by atoms with E-state index in [1.807, 2.05) is 0 Å². The molecule has 5 heteroatoms. The van der Waals surface area contributed by atoms with E-state index in [1.165, 1.54) is 0 Å². The molecule has 1 unspecified atom stereocenters. The summed E-state index contributed by atoms with van der Waals surface area (Å²) in [4.78, 5) is 11.1. The Hall–Kier alpha value is -0.490. The maximum atomic E-state index is 11.1. The van der Waals surface area contributed by atoms with Gasteiger partial charge in [-0.2, -0.15) is 5.26 Å². The van der Waals surface area contributed by atoms with Crippen LogP contribution in [0.15, 0.2) is 0 Å². The highest BCUT2D eigenvalue weighted by Gasteiger charge is 2.25. The Labute approximate surface area is 112 Å². The number of hydrogen-bond acceptors (Lipinski definition) is 4. The summed E-state index contributed by atoms with van der Waals surface area (Å²) in [6.07, 6.45) is 1.71. The summed E-state index contributed by atoms with van der Waals surface area (Å²) in [5, 5.41) is 8.56. The summed E-state index contributed by atoms with van der Waals surface area (Å²) >= 11 is 0. The van der Waals surface area contributed by atoms with E-state index in [1.54, 1.807) is 6.92 Å². The van der Waals surface area contributed by atoms with Gasteiger partial charge in [-0.25, -0.2) is 0 Å². The van der Waals surface area contributed by atoms with Crippen LogP contribution in [0.25, 0.3) is 0 Å². The monoisotopic (exact) mass is 272 g/mol. The molecule has 0 aromatic rings. The Morgan fingerprint density at radius 1 is 1.33 bits per heavy atom. The van der Waals surface area contributed by atoms with Gasteiger partial charge in [0.2, 0.25) is 0 Å². The molecule has 0 heterocycles. The van der Waals surface area contributed by atoms with Crippen LogP contribution in [0.5, 0.6) is 0 Å². The molecule has 1 atom stereocenters. The van der Waals surface area contributed by atoms with Crippen molar-refractivity contribution < 1.29 is 9.32 Å². The highest BCUT2D eigenvalue weighted by molar-refractivity contribution is 7.50. The minimum absolute atomic E-state index is 0.193. The summed E-state index contributed by atoms with van der Waals surface area (Å²) in [5.74, 6) is 0.193. The summed E-state index contributed by atoms with van der Waals surface area (Å²) in [5.41, 5.74) is 0. The Balaban J connectivity index is 4.58. The van der Waals surface area contributed by atoms with Crippen LogP contribution < -0.4 is 0 Å². The van der Waals surface area contributed by atoms with E-state index in [9.17, 15) is 4.79 Å². The van der Waals surface area contributed by atoms with Crippen LogP contribution in [0.3, 0.4) is 0 Å². The van der Waals surface area contributed by atoms with Crippen LogP contribution in [0.2, 0.25) is 0 Å². The maximum Gasteiger partial charge on any atom is 0.130 e. The summed E-state index contributed by atoms with van der Waals surface area (Å²) < 4.78 is 8.15. The first kappa shape index (κ1) is 17.5. The second-order valence-electron chi connectivity index (χ2n) is 4.84. The highest BCUT2D eigenvalue weighted by Crippen LogP contribution is 2.45. The Bertz CT molecular complexity index is 279. The van der Waals surface area contributed by atoms with Crippen molar-refractivity contribution in [1.29, 1.82) is 5.26 Å². The van der Waals surface area contributed by atoms with E-state index >= 15 is 0 Å². The molecule has 0 aliphatic heterocycles. The molecular formula is C13H25N2O2P. The minimum Gasteiger partial charge on any atom is -0.342 e. The van der Waals surface area contributed by atoms with Crippen molar-refractivity contribution in [2.24, 2.45) is 0 Å². The van der Waals surface area contributed by atoms with Gasteiger partial charge in [-0.15, -0.1) is 0 Å². The molecule has 0 saturated heterocycles. The van der Waals surface area contributed by atoms with Crippen molar-refractivity contribution in [2.75, 3.05) is 12.8 Å². The van der Waals surface area contributed by atoms with Gasteiger partial charge < -0.3 is 9.32 Å². The molecule has 0 amide bonds. The number of nitrogens with zero attached hydrogens (tertiary/aromatic N) is 2. The molecule has 4 nitrogen and oxygen atoms in total. The molecule has 0 rings (SSSR count). The maximum absolute atomic E-state index is 11.1. The largest absolute Gasteiger partial charge is 0.342 e. The Kier molecular flexibility index (Phi) is 9.18. The SMILES string of the molecule is CC(=O)CCP(OCCC#N)N(C(C)C)C(C)C. The molecule has 104 valence electrons. The smallest absolute Gasteiger partial charge is 0.130 e. The average molecular weight is 272 g/mol. The molecule has 0 saturated carbocycles. The first-order valence-electron chi connectivity index (χ1n) is 6.45. The second-order valence-corrected chi connectivity index (χ2v) is 6.71. The van der Waals surface area contributed by atoms with E-state index in [4.69, 9.17) is 9.79 Å². The van der Waals surface area contributed by atoms with E-state index in [2.05, 4.69) is 38.4 Å². The third kappa shape index (κ3) is 7.06. The lowest BCUT2D eigenvalue weighted by molar-refractivity contribution is -0.116. The molecule has 0 spiro atoms. The fourth-order valence-electron chi connectivity index (χ4n) is 1.81. The Morgan fingerprint density at radius 3 is 2.28 bits per heavy atom. The number of rotatable bonds is 9. The zero-order chi connectivity index (χ0) is 14.1. The van der Waals surface area contributed by atoms with Gasteiger partial charge in [0.25, 0.3) is 0 Å². The lowest BCUT2D eigenvalue weighted by atomic mass is 10.3. The fourth-order valence-corrected chi connectivity index (χ4v) is 4.14. The van der Waals surface area contributed by atoms with Gasteiger partial charge in [0, 0.05) is 24.7 Å². The topological polar surface area (TPSA) is 53.3 Å². The third-order valence-corrected chi connectivity index (χ3v) is 4.95. The molecule has 0 aromatic heterocycles. The number of nitriles is 1. The van der Waals surface area contributed by atoms with Crippen LogP contribution in [0.1, 0.15) is 47.5 Å². The van der Waals surface area contributed by atoms with Gasteiger partial charge in [0.15, 0.2) is 0 Å². The van der Waals surface area contributed by atoms with Crippen LogP contribution in [-0.4, -0.2) is 35.3 Å². The molecule has 0 N–H and O–H groups in total. The van der Waals surface area contributed by atoms with Crippen LogP contribution in [0, 0.1) is 11.3 Å². The molecule has 0 fully saturated rings. The lowest BCUT2D eigenvalue weighted by Crippen LogP contribution is -2.34. The number of ketones is 1.